The monoisotopic (exact) mass is 885 g/mol. The number of carbonyl (C=O) groups is 3. The van der Waals surface area contributed by atoms with E-state index in [-0.39, 0.29) is 31.1 Å². The first-order valence-electron chi connectivity index (χ1n) is 27.5. The van der Waals surface area contributed by atoms with Crippen LogP contribution < -0.4 is 0 Å². The van der Waals surface area contributed by atoms with Gasteiger partial charge in [-0.2, -0.15) is 0 Å². The molecule has 6 nitrogen and oxygen atoms in total. The Morgan fingerprint density at radius 3 is 0.889 bits per heavy atom. The Kier molecular flexibility index (Phi) is 50.3. The fourth-order valence-corrected chi connectivity index (χ4v) is 7.94. The van der Waals surface area contributed by atoms with Crippen LogP contribution in [-0.2, 0) is 28.6 Å². The Morgan fingerprint density at radius 2 is 0.571 bits per heavy atom. The van der Waals surface area contributed by atoms with Crippen molar-refractivity contribution in [3.05, 3.63) is 36.5 Å². The molecule has 0 aliphatic rings. The lowest BCUT2D eigenvalue weighted by Crippen LogP contribution is -2.30. The van der Waals surface area contributed by atoms with Crippen molar-refractivity contribution in [3.63, 3.8) is 0 Å². The van der Waals surface area contributed by atoms with Gasteiger partial charge < -0.3 is 14.2 Å². The van der Waals surface area contributed by atoms with E-state index in [4.69, 9.17) is 14.2 Å². The average Bonchev–Trinajstić information content (AvgIpc) is 3.28. The Bertz CT molecular complexity index is 1060. The second-order valence-corrected chi connectivity index (χ2v) is 18.5. The van der Waals surface area contributed by atoms with Gasteiger partial charge in [-0.1, -0.05) is 231 Å². The molecule has 0 heterocycles. The van der Waals surface area contributed by atoms with Crippen molar-refractivity contribution >= 4 is 17.9 Å². The number of allylic oxidation sites excluding steroid dienone is 6. The van der Waals surface area contributed by atoms with E-state index in [2.05, 4.69) is 57.2 Å². The molecule has 63 heavy (non-hydrogen) atoms. The van der Waals surface area contributed by atoms with Crippen LogP contribution in [0.4, 0.5) is 0 Å². The Labute approximate surface area is 391 Å². The topological polar surface area (TPSA) is 78.9 Å². The minimum atomic E-state index is -0.774. The molecule has 0 aromatic heterocycles. The summed E-state index contributed by atoms with van der Waals surface area (Å²) in [6.45, 7) is 6.62. The van der Waals surface area contributed by atoms with Crippen molar-refractivity contribution in [2.75, 3.05) is 13.2 Å². The van der Waals surface area contributed by atoms with E-state index in [9.17, 15) is 14.4 Å². The number of hydrogen-bond donors (Lipinski definition) is 0. The van der Waals surface area contributed by atoms with Crippen LogP contribution in [0, 0.1) is 0 Å². The summed E-state index contributed by atoms with van der Waals surface area (Å²) in [5.41, 5.74) is 0. The molecule has 0 rings (SSSR count). The van der Waals surface area contributed by atoms with Gasteiger partial charge in [0, 0.05) is 19.3 Å². The fourth-order valence-electron chi connectivity index (χ4n) is 7.94. The van der Waals surface area contributed by atoms with Gasteiger partial charge in [-0.3, -0.25) is 14.4 Å². The number of rotatable bonds is 50. The van der Waals surface area contributed by atoms with E-state index in [1.165, 1.54) is 180 Å². The van der Waals surface area contributed by atoms with Crippen molar-refractivity contribution in [3.8, 4) is 0 Å². The van der Waals surface area contributed by atoms with Crippen molar-refractivity contribution in [2.24, 2.45) is 0 Å². The molecule has 0 bridgehead atoms. The minimum absolute atomic E-state index is 0.0739. The van der Waals surface area contributed by atoms with E-state index >= 15 is 0 Å². The van der Waals surface area contributed by atoms with Crippen LogP contribution >= 0.6 is 0 Å². The molecule has 1 atom stereocenters. The van der Waals surface area contributed by atoms with E-state index in [0.717, 1.165) is 70.6 Å². The molecule has 0 aromatic rings. The molecule has 0 aliphatic carbocycles. The third kappa shape index (κ3) is 50.5. The van der Waals surface area contributed by atoms with Gasteiger partial charge in [-0.25, -0.2) is 0 Å². The summed E-state index contributed by atoms with van der Waals surface area (Å²) >= 11 is 0. The molecule has 0 N–H and O–H groups in total. The van der Waals surface area contributed by atoms with Gasteiger partial charge in [0.2, 0.25) is 0 Å². The highest BCUT2D eigenvalue weighted by Crippen LogP contribution is 2.15. The SMILES string of the molecule is CCCCCCC/C=C\C/C=C\CCCCCCCCCCCC(=O)OCC(COC(=O)CCCCCCCCCCCC)OC(=O)CCCCCCC/C=C\CCCCCCC. The summed E-state index contributed by atoms with van der Waals surface area (Å²) in [6.07, 6.45) is 61.3. The summed E-state index contributed by atoms with van der Waals surface area (Å²) in [5.74, 6) is -0.877. The quantitative estimate of drug-likeness (QED) is 0.0262. The third-order valence-electron chi connectivity index (χ3n) is 12.1. The maximum absolute atomic E-state index is 12.8. The largest absolute Gasteiger partial charge is 0.462 e. The first-order chi connectivity index (χ1) is 31.0. The Balaban J connectivity index is 4.28. The lowest BCUT2D eigenvalue weighted by molar-refractivity contribution is -0.167. The first-order valence-corrected chi connectivity index (χ1v) is 27.5. The molecule has 0 saturated heterocycles. The number of carbonyl (C=O) groups excluding carboxylic acids is 3. The van der Waals surface area contributed by atoms with E-state index in [1.54, 1.807) is 0 Å². The van der Waals surface area contributed by atoms with Crippen molar-refractivity contribution in [2.45, 2.75) is 297 Å². The van der Waals surface area contributed by atoms with Crippen molar-refractivity contribution in [1.29, 1.82) is 0 Å². The van der Waals surface area contributed by atoms with Gasteiger partial charge in [-0.15, -0.1) is 0 Å². The van der Waals surface area contributed by atoms with Crippen LogP contribution in [0.1, 0.15) is 290 Å². The molecular formula is C57H104O6. The van der Waals surface area contributed by atoms with Gasteiger partial charge in [0.05, 0.1) is 0 Å². The van der Waals surface area contributed by atoms with E-state index in [0.29, 0.717) is 19.3 Å². The molecule has 6 heteroatoms. The van der Waals surface area contributed by atoms with Crippen LogP contribution in [0.3, 0.4) is 0 Å². The predicted octanol–water partition coefficient (Wildman–Crippen LogP) is 18.1. The maximum atomic E-state index is 12.8. The van der Waals surface area contributed by atoms with Crippen LogP contribution in [0.25, 0.3) is 0 Å². The Morgan fingerprint density at radius 1 is 0.317 bits per heavy atom. The fraction of sp³-hybridized carbons (Fsp3) is 0.842. The maximum Gasteiger partial charge on any atom is 0.306 e. The molecule has 0 aliphatic heterocycles. The van der Waals surface area contributed by atoms with E-state index < -0.39 is 6.10 Å². The molecule has 368 valence electrons. The lowest BCUT2D eigenvalue weighted by atomic mass is 10.1. The highest BCUT2D eigenvalue weighted by Gasteiger charge is 2.19. The number of hydrogen-bond acceptors (Lipinski definition) is 6. The van der Waals surface area contributed by atoms with Crippen molar-refractivity contribution < 1.29 is 28.6 Å². The normalized spacial score (nSPS) is 12.2. The summed E-state index contributed by atoms with van der Waals surface area (Å²) in [6, 6.07) is 0. The molecule has 0 saturated carbocycles. The van der Waals surface area contributed by atoms with Crippen LogP contribution in [0.5, 0.6) is 0 Å². The zero-order valence-corrected chi connectivity index (χ0v) is 42.1. The second-order valence-electron chi connectivity index (χ2n) is 18.5. The first kappa shape index (κ1) is 60.6. The predicted molar refractivity (Wildman–Crippen MR) is 270 cm³/mol. The average molecular weight is 885 g/mol. The summed E-state index contributed by atoms with van der Waals surface area (Å²) in [5, 5.41) is 0. The number of ether oxygens (including phenoxy) is 3. The summed E-state index contributed by atoms with van der Waals surface area (Å²) in [7, 11) is 0. The molecule has 0 spiro atoms. The van der Waals surface area contributed by atoms with Gasteiger partial charge in [0.15, 0.2) is 6.10 Å². The highest BCUT2D eigenvalue weighted by atomic mass is 16.6. The molecule has 0 fully saturated rings. The zero-order chi connectivity index (χ0) is 45.8. The molecular weight excluding hydrogens is 781 g/mol. The smallest absolute Gasteiger partial charge is 0.306 e. The number of esters is 3. The van der Waals surface area contributed by atoms with Gasteiger partial charge in [-0.05, 0) is 77.0 Å². The zero-order valence-electron chi connectivity index (χ0n) is 42.1. The van der Waals surface area contributed by atoms with Gasteiger partial charge >= 0.3 is 17.9 Å². The van der Waals surface area contributed by atoms with Crippen LogP contribution in [-0.4, -0.2) is 37.2 Å². The van der Waals surface area contributed by atoms with E-state index in [1.807, 2.05) is 0 Å². The van der Waals surface area contributed by atoms with Crippen LogP contribution in [0.15, 0.2) is 36.5 Å². The summed E-state index contributed by atoms with van der Waals surface area (Å²) in [4.78, 5) is 38.0. The highest BCUT2D eigenvalue weighted by molar-refractivity contribution is 5.71. The minimum Gasteiger partial charge on any atom is -0.462 e. The van der Waals surface area contributed by atoms with Crippen LogP contribution in [0.2, 0.25) is 0 Å². The standard InChI is InChI=1S/C57H104O6/c1-4-7-10-13-16-19-22-24-26-27-28-29-30-31-32-34-35-38-41-44-47-50-56(59)62-53-54(52-61-55(58)49-46-43-40-37-21-18-15-12-9-6-3)63-57(60)51-48-45-42-39-36-33-25-23-20-17-14-11-8-5-2/h22-25,27-28,54H,4-21,26,29-53H2,1-3H3/b24-22-,25-23-,28-27-. The third-order valence-corrected chi connectivity index (χ3v) is 12.1. The van der Waals surface area contributed by atoms with Crippen molar-refractivity contribution in [1.82, 2.24) is 0 Å². The van der Waals surface area contributed by atoms with Gasteiger partial charge in [0.25, 0.3) is 0 Å². The molecule has 0 radical (unpaired) electrons. The molecule has 0 amide bonds. The van der Waals surface area contributed by atoms with Gasteiger partial charge in [0.1, 0.15) is 13.2 Å². The number of unbranched alkanes of at least 4 members (excludes halogenated alkanes) is 33. The molecule has 1 unspecified atom stereocenters. The Hall–Kier alpha value is -2.37. The lowest BCUT2D eigenvalue weighted by Gasteiger charge is -2.18. The summed E-state index contributed by atoms with van der Waals surface area (Å²) < 4.78 is 16.8. The second kappa shape index (κ2) is 52.3. The molecule has 0 aromatic carbocycles.